The van der Waals surface area contributed by atoms with E-state index >= 15 is 0 Å². The van der Waals surface area contributed by atoms with Gasteiger partial charge < -0.3 is 24.0 Å². The lowest BCUT2D eigenvalue weighted by Gasteiger charge is -2.35. The minimum Gasteiger partial charge on any atom is -0.490 e. The number of aliphatic hydroxyl groups excluding tert-OH is 1. The van der Waals surface area contributed by atoms with Crippen molar-refractivity contribution < 1.29 is 40.7 Å². The number of aromatic nitrogens is 1. The lowest BCUT2D eigenvalue weighted by molar-refractivity contribution is -0.00833. The van der Waals surface area contributed by atoms with Crippen molar-refractivity contribution in [3.8, 4) is 5.75 Å². The molecule has 270 valence electrons. The molecule has 4 atom stereocenters. The van der Waals surface area contributed by atoms with Crippen molar-refractivity contribution in [2.75, 3.05) is 38.1 Å². The number of hydrogen-bond donors (Lipinski definition) is 2. The first-order valence-corrected chi connectivity index (χ1v) is 19.3. The van der Waals surface area contributed by atoms with Crippen molar-refractivity contribution in [1.29, 1.82) is 0 Å². The second-order valence-electron chi connectivity index (χ2n) is 12.9. The van der Waals surface area contributed by atoms with Gasteiger partial charge in [-0.1, -0.05) is 29.8 Å². The normalized spacial score (nSPS) is 20.7. The number of carbonyl (C=O) groups is 1. The van der Waals surface area contributed by atoms with E-state index in [2.05, 4.69) is 9.88 Å². The van der Waals surface area contributed by atoms with Gasteiger partial charge in [-0.3, -0.25) is 9.52 Å². The second-order valence-corrected chi connectivity index (χ2v) is 16.5. The van der Waals surface area contributed by atoms with Crippen LogP contribution < -0.4 is 9.46 Å². The van der Waals surface area contributed by atoms with Gasteiger partial charge in [0.15, 0.2) is 10.7 Å². The highest BCUT2D eigenvalue weighted by molar-refractivity contribution is 7.92. The summed E-state index contributed by atoms with van der Waals surface area (Å²) in [7, 11) is -6.43. The fraction of sp³-hybridized carbons (Fsp3) is 0.529. The number of likely N-dealkylation sites (N-methyl/N-ethyl adjacent to an activating group) is 1. The van der Waals surface area contributed by atoms with Crippen LogP contribution in [0.25, 0.3) is 0 Å². The van der Waals surface area contributed by atoms with E-state index in [1.165, 1.54) is 42.2 Å². The third kappa shape index (κ3) is 9.19. The molecule has 1 aliphatic rings. The highest BCUT2D eigenvalue weighted by Gasteiger charge is 2.33. The molecular weight excluding hydrogens is 673 g/mol. The smallest absolute Gasteiger partial charge is 0.267 e. The summed E-state index contributed by atoms with van der Waals surface area (Å²) in [5.41, 5.74) is 1.37. The van der Waals surface area contributed by atoms with Crippen LogP contribution in [-0.2, 0) is 24.8 Å². The van der Waals surface area contributed by atoms with E-state index in [0.29, 0.717) is 19.4 Å². The van der Waals surface area contributed by atoms with E-state index < -0.39 is 38.1 Å². The van der Waals surface area contributed by atoms with Gasteiger partial charge in [-0.2, -0.15) is 4.31 Å². The lowest BCUT2D eigenvalue weighted by atomic mass is 10.0. The molecule has 1 aliphatic heterocycles. The monoisotopic (exact) mass is 720 g/mol. The molecule has 0 unspecified atom stereocenters. The number of ether oxygens (including phenoxy) is 2. The molecule has 3 aromatic rings. The number of fused-ring (bicyclic) bond motifs is 1. The third-order valence-electron chi connectivity index (χ3n) is 8.71. The first-order chi connectivity index (χ1) is 23.0. The predicted octanol–water partition coefficient (Wildman–Crippen LogP) is 4.52. The Bertz CT molecular complexity index is 1790. The highest BCUT2D eigenvalue weighted by atomic mass is 32.2. The van der Waals surface area contributed by atoms with E-state index in [4.69, 9.17) is 14.0 Å². The van der Waals surface area contributed by atoms with Crippen molar-refractivity contribution in [3.63, 3.8) is 0 Å². The first-order valence-electron chi connectivity index (χ1n) is 16.4. The molecule has 13 nitrogen and oxygen atoms in total. The standard InChI is InChI=1S/C34H48N4O9S2/c1-22-11-14-29(15-12-22)49(43,44)37(7)20-32-23(2)19-38(24(3)21-39)34(40)30-18-28(36-48(41,42)33-26(5)35-47-27(33)6)13-16-31(30)46-25(4)10-8-9-17-45-32/h11-16,18,23-25,32,36,39H,8-10,17,19-21H2,1-7H3/t23-,24+,25+,32+/m0/s1. The predicted molar refractivity (Wildman–Crippen MR) is 185 cm³/mol. The Hall–Kier alpha value is -3.50. The zero-order valence-corrected chi connectivity index (χ0v) is 30.8. The fourth-order valence-corrected chi connectivity index (χ4v) is 8.32. The van der Waals surface area contributed by atoms with Crippen LogP contribution in [0.1, 0.15) is 67.4 Å². The lowest BCUT2D eigenvalue weighted by Crippen LogP contribution is -2.48. The van der Waals surface area contributed by atoms with Crippen LogP contribution in [0.5, 0.6) is 5.75 Å². The maximum absolute atomic E-state index is 14.4. The Labute approximate surface area is 289 Å². The van der Waals surface area contributed by atoms with Crippen LogP contribution >= 0.6 is 0 Å². The zero-order valence-electron chi connectivity index (χ0n) is 29.2. The number of aryl methyl sites for hydroxylation is 3. The molecule has 1 aromatic heterocycles. The number of nitrogens with zero attached hydrogens (tertiary/aromatic N) is 3. The number of benzene rings is 2. The molecule has 2 N–H and O–H groups in total. The summed E-state index contributed by atoms with van der Waals surface area (Å²) in [5, 5.41) is 14.0. The Morgan fingerprint density at radius 1 is 1.06 bits per heavy atom. The molecule has 0 fully saturated rings. The van der Waals surface area contributed by atoms with Crippen molar-refractivity contribution in [3.05, 3.63) is 65.0 Å². The third-order valence-corrected chi connectivity index (χ3v) is 12.2. The summed E-state index contributed by atoms with van der Waals surface area (Å²) in [4.78, 5) is 16.0. The number of sulfonamides is 2. The maximum Gasteiger partial charge on any atom is 0.267 e. The largest absolute Gasteiger partial charge is 0.490 e. The van der Waals surface area contributed by atoms with Crippen LogP contribution in [0, 0.1) is 26.7 Å². The molecule has 2 heterocycles. The first kappa shape index (κ1) is 38.3. The summed E-state index contributed by atoms with van der Waals surface area (Å²) < 4.78 is 75.0. The van der Waals surface area contributed by atoms with Crippen LogP contribution in [0.3, 0.4) is 0 Å². The molecule has 0 spiro atoms. The second kappa shape index (κ2) is 16.0. The number of aliphatic hydroxyl groups is 1. The van der Waals surface area contributed by atoms with Gasteiger partial charge in [0.25, 0.3) is 15.9 Å². The molecular formula is C34H48N4O9S2. The number of hydrogen-bond acceptors (Lipinski definition) is 10. The zero-order chi connectivity index (χ0) is 36.1. The number of carbonyl (C=O) groups excluding carboxylic acids is 1. The Morgan fingerprint density at radius 3 is 2.39 bits per heavy atom. The van der Waals surface area contributed by atoms with Crippen molar-refractivity contribution in [1.82, 2.24) is 14.4 Å². The molecule has 0 saturated heterocycles. The molecule has 15 heteroatoms. The van der Waals surface area contributed by atoms with E-state index in [-0.39, 0.29) is 70.0 Å². The summed E-state index contributed by atoms with van der Waals surface area (Å²) in [6, 6.07) is 10.5. The SMILES string of the molecule is Cc1ccc(S(=O)(=O)N(C)C[C@H]2OCCCC[C@@H](C)Oc3ccc(NS(=O)(=O)c4c(C)noc4C)cc3C(=O)N([C@H](C)CO)C[C@@H]2C)cc1. The van der Waals surface area contributed by atoms with Crippen molar-refractivity contribution >= 4 is 31.6 Å². The van der Waals surface area contributed by atoms with E-state index in [9.17, 15) is 26.7 Å². The fourth-order valence-electron chi connectivity index (χ4n) is 5.75. The Kier molecular flexibility index (Phi) is 12.5. The van der Waals surface area contributed by atoms with Crippen LogP contribution in [0.15, 0.2) is 56.8 Å². The van der Waals surface area contributed by atoms with E-state index in [0.717, 1.165) is 12.0 Å². The van der Waals surface area contributed by atoms with Gasteiger partial charge in [0, 0.05) is 38.3 Å². The molecule has 0 bridgehead atoms. The van der Waals surface area contributed by atoms with Crippen molar-refractivity contribution in [2.45, 2.75) is 88.8 Å². The summed E-state index contributed by atoms with van der Waals surface area (Å²) in [6.07, 6.45) is 1.23. The van der Waals surface area contributed by atoms with Crippen LogP contribution in [0.2, 0.25) is 0 Å². The van der Waals surface area contributed by atoms with Crippen LogP contribution in [0.4, 0.5) is 5.69 Å². The summed E-state index contributed by atoms with van der Waals surface area (Å²) in [5.74, 6) is -0.469. The maximum atomic E-state index is 14.4. The van der Waals surface area contributed by atoms with E-state index in [1.54, 1.807) is 37.3 Å². The summed E-state index contributed by atoms with van der Waals surface area (Å²) in [6.45, 7) is 10.5. The number of nitrogens with one attached hydrogen (secondary N) is 1. The molecule has 0 aliphatic carbocycles. The summed E-state index contributed by atoms with van der Waals surface area (Å²) >= 11 is 0. The Morgan fingerprint density at radius 2 is 1.76 bits per heavy atom. The van der Waals surface area contributed by atoms with Crippen LogP contribution in [-0.4, -0.2) is 93.8 Å². The molecule has 0 saturated carbocycles. The average molecular weight is 721 g/mol. The number of anilines is 1. The van der Waals surface area contributed by atoms with Gasteiger partial charge >= 0.3 is 0 Å². The number of amides is 1. The minimum absolute atomic E-state index is 0.0383. The molecule has 4 rings (SSSR count). The van der Waals surface area contributed by atoms with Gasteiger partial charge in [0.2, 0.25) is 10.0 Å². The molecule has 0 radical (unpaired) electrons. The van der Waals surface area contributed by atoms with Gasteiger partial charge in [0.1, 0.15) is 11.4 Å². The average Bonchev–Trinajstić information content (AvgIpc) is 3.40. The van der Waals surface area contributed by atoms with Gasteiger partial charge in [-0.25, -0.2) is 16.8 Å². The van der Waals surface area contributed by atoms with Gasteiger partial charge in [-0.05, 0) is 84.2 Å². The van der Waals surface area contributed by atoms with Gasteiger partial charge in [0.05, 0.1) is 35.3 Å². The molecule has 1 amide bonds. The van der Waals surface area contributed by atoms with E-state index in [1.807, 2.05) is 20.8 Å². The highest BCUT2D eigenvalue weighted by Crippen LogP contribution is 2.30. The van der Waals surface area contributed by atoms with Gasteiger partial charge in [-0.15, -0.1) is 0 Å². The topological polar surface area (TPSA) is 169 Å². The Balaban J connectivity index is 1.69. The quantitative estimate of drug-likeness (QED) is 0.321. The number of rotatable bonds is 9. The molecule has 49 heavy (non-hydrogen) atoms. The van der Waals surface area contributed by atoms with Crippen molar-refractivity contribution in [2.24, 2.45) is 5.92 Å². The molecule has 2 aromatic carbocycles. The minimum atomic E-state index is -4.11.